The molecule has 0 aliphatic heterocycles. The molecule has 0 rings (SSSR count). The van der Waals surface area contributed by atoms with Gasteiger partial charge in [0.1, 0.15) is 11.6 Å². The SMILES string of the molecule is CCCCCOC(=O)[C@H](CCC(=O)O)NC(=O)OC(C)(C)C. The molecule has 0 saturated heterocycles. The molecule has 0 aliphatic carbocycles. The van der Waals surface area contributed by atoms with Crippen LogP contribution in [0.25, 0.3) is 0 Å². The molecule has 0 radical (unpaired) electrons. The van der Waals surface area contributed by atoms with Crippen LogP contribution in [-0.4, -0.2) is 41.4 Å². The molecule has 22 heavy (non-hydrogen) atoms. The van der Waals surface area contributed by atoms with Crippen molar-refractivity contribution >= 4 is 18.0 Å². The summed E-state index contributed by atoms with van der Waals surface area (Å²) in [6.45, 7) is 7.37. The van der Waals surface area contributed by atoms with Gasteiger partial charge in [0.05, 0.1) is 6.61 Å². The largest absolute Gasteiger partial charge is 0.481 e. The quantitative estimate of drug-likeness (QED) is 0.500. The first-order valence-corrected chi connectivity index (χ1v) is 7.53. The van der Waals surface area contributed by atoms with Crippen LogP contribution in [0.1, 0.15) is 59.8 Å². The molecule has 0 aromatic carbocycles. The zero-order valence-electron chi connectivity index (χ0n) is 13.8. The fourth-order valence-electron chi connectivity index (χ4n) is 1.59. The molecule has 0 spiro atoms. The number of carboxylic acid groups (broad SMARTS) is 1. The monoisotopic (exact) mass is 317 g/mol. The third-order valence-corrected chi connectivity index (χ3v) is 2.61. The second kappa shape index (κ2) is 10.0. The maximum Gasteiger partial charge on any atom is 0.408 e. The minimum absolute atomic E-state index is 0.0405. The first-order chi connectivity index (χ1) is 10.2. The summed E-state index contributed by atoms with van der Waals surface area (Å²) in [7, 11) is 0. The Morgan fingerprint density at radius 3 is 2.32 bits per heavy atom. The second-order valence-corrected chi connectivity index (χ2v) is 6.01. The third kappa shape index (κ3) is 10.9. The molecule has 0 saturated carbocycles. The Morgan fingerprint density at radius 2 is 1.82 bits per heavy atom. The maximum absolute atomic E-state index is 11.9. The van der Waals surface area contributed by atoms with Crippen LogP contribution in [0.15, 0.2) is 0 Å². The van der Waals surface area contributed by atoms with Gasteiger partial charge in [0.2, 0.25) is 0 Å². The molecule has 0 unspecified atom stereocenters. The molecule has 1 atom stereocenters. The number of amides is 1. The average molecular weight is 317 g/mol. The third-order valence-electron chi connectivity index (χ3n) is 2.61. The molecule has 0 aromatic rings. The fraction of sp³-hybridized carbons (Fsp3) is 0.800. The highest BCUT2D eigenvalue weighted by Gasteiger charge is 2.26. The van der Waals surface area contributed by atoms with E-state index in [1.54, 1.807) is 20.8 Å². The van der Waals surface area contributed by atoms with Crippen molar-refractivity contribution in [2.45, 2.75) is 71.4 Å². The van der Waals surface area contributed by atoms with Gasteiger partial charge in [0.15, 0.2) is 0 Å². The number of alkyl carbamates (subject to hydrolysis) is 1. The van der Waals surface area contributed by atoms with Crippen LogP contribution < -0.4 is 5.32 Å². The number of esters is 1. The predicted molar refractivity (Wildman–Crippen MR) is 80.5 cm³/mol. The zero-order chi connectivity index (χ0) is 17.2. The molecule has 0 aromatic heterocycles. The second-order valence-electron chi connectivity index (χ2n) is 6.01. The van der Waals surface area contributed by atoms with Gasteiger partial charge in [-0.2, -0.15) is 0 Å². The number of ether oxygens (including phenoxy) is 2. The number of hydrogen-bond acceptors (Lipinski definition) is 5. The highest BCUT2D eigenvalue weighted by atomic mass is 16.6. The molecule has 0 bridgehead atoms. The van der Waals surface area contributed by atoms with Gasteiger partial charge in [-0.25, -0.2) is 9.59 Å². The molecule has 7 nitrogen and oxygen atoms in total. The topological polar surface area (TPSA) is 102 Å². The summed E-state index contributed by atoms with van der Waals surface area (Å²) in [5.41, 5.74) is -0.702. The van der Waals surface area contributed by atoms with Crippen LogP contribution in [0.5, 0.6) is 0 Å². The van der Waals surface area contributed by atoms with Crippen molar-refractivity contribution < 1.29 is 29.0 Å². The highest BCUT2D eigenvalue weighted by molar-refractivity contribution is 5.82. The molecule has 1 amide bonds. The van der Waals surface area contributed by atoms with E-state index in [1.807, 2.05) is 6.92 Å². The van der Waals surface area contributed by atoms with Crippen molar-refractivity contribution in [3.8, 4) is 0 Å². The Kier molecular flexibility index (Phi) is 9.21. The Balaban J connectivity index is 4.50. The summed E-state index contributed by atoms with van der Waals surface area (Å²) in [4.78, 5) is 34.3. The molecule has 0 fully saturated rings. The van der Waals surface area contributed by atoms with E-state index in [9.17, 15) is 14.4 Å². The molecule has 2 N–H and O–H groups in total. The van der Waals surface area contributed by atoms with Crippen molar-refractivity contribution in [2.75, 3.05) is 6.61 Å². The van der Waals surface area contributed by atoms with Gasteiger partial charge in [-0.05, 0) is 33.6 Å². The summed E-state index contributed by atoms with van der Waals surface area (Å²) in [5.74, 6) is -1.68. The fourth-order valence-corrected chi connectivity index (χ4v) is 1.59. The predicted octanol–water partition coefficient (Wildman–Crippen LogP) is 2.48. The standard InChI is InChI=1S/C15H27NO6/c1-5-6-7-10-21-13(19)11(8-9-12(17)18)16-14(20)22-15(2,3)4/h11H,5-10H2,1-4H3,(H,16,20)(H,17,18)/t11-/m0/s1. The lowest BCUT2D eigenvalue weighted by atomic mass is 10.1. The van der Waals surface area contributed by atoms with E-state index in [0.29, 0.717) is 0 Å². The van der Waals surface area contributed by atoms with Crippen molar-refractivity contribution in [1.82, 2.24) is 5.32 Å². The minimum atomic E-state index is -1.05. The van der Waals surface area contributed by atoms with Crippen LogP contribution in [0.3, 0.4) is 0 Å². The van der Waals surface area contributed by atoms with E-state index in [1.165, 1.54) is 0 Å². The van der Waals surface area contributed by atoms with E-state index in [2.05, 4.69) is 5.32 Å². The Hall–Kier alpha value is -1.79. The van der Waals surface area contributed by atoms with Gasteiger partial charge < -0.3 is 19.9 Å². The van der Waals surface area contributed by atoms with Gasteiger partial charge in [-0.3, -0.25) is 4.79 Å². The van der Waals surface area contributed by atoms with E-state index in [-0.39, 0.29) is 19.4 Å². The number of nitrogens with one attached hydrogen (secondary N) is 1. The Labute approximate surface area is 131 Å². The summed E-state index contributed by atoms with van der Waals surface area (Å²) in [5, 5.41) is 11.1. The zero-order valence-corrected chi connectivity index (χ0v) is 13.8. The normalized spacial score (nSPS) is 12.4. The van der Waals surface area contributed by atoms with Gasteiger partial charge in [-0.1, -0.05) is 19.8 Å². The number of carbonyl (C=O) groups excluding carboxylic acids is 2. The lowest BCUT2D eigenvalue weighted by molar-refractivity contribution is -0.147. The number of carbonyl (C=O) groups is 3. The van der Waals surface area contributed by atoms with Gasteiger partial charge >= 0.3 is 18.0 Å². The van der Waals surface area contributed by atoms with Crippen molar-refractivity contribution in [2.24, 2.45) is 0 Å². The van der Waals surface area contributed by atoms with Crippen LogP contribution in [0, 0.1) is 0 Å². The van der Waals surface area contributed by atoms with E-state index >= 15 is 0 Å². The van der Waals surface area contributed by atoms with E-state index < -0.39 is 29.7 Å². The number of hydrogen-bond donors (Lipinski definition) is 2. The van der Waals surface area contributed by atoms with Crippen LogP contribution in [-0.2, 0) is 19.1 Å². The number of unbranched alkanes of at least 4 members (excludes halogenated alkanes) is 2. The van der Waals surface area contributed by atoms with E-state index in [0.717, 1.165) is 19.3 Å². The van der Waals surface area contributed by atoms with Gasteiger partial charge in [0, 0.05) is 6.42 Å². The van der Waals surface area contributed by atoms with Crippen molar-refractivity contribution in [3.05, 3.63) is 0 Å². The van der Waals surface area contributed by atoms with Gasteiger partial charge in [0.25, 0.3) is 0 Å². The number of carboxylic acids is 1. The summed E-state index contributed by atoms with van der Waals surface area (Å²) < 4.78 is 10.1. The smallest absolute Gasteiger partial charge is 0.408 e. The first-order valence-electron chi connectivity index (χ1n) is 7.53. The molecule has 0 aliphatic rings. The van der Waals surface area contributed by atoms with Crippen LogP contribution in [0.2, 0.25) is 0 Å². The molecular weight excluding hydrogens is 290 g/mol. The molecule has 0 heterocycles. The van der Waals surface area contributed by atoms with E-state index in [4.69, 9.17) is 14.6 Å². The Bertz CT molecular complexity index is 375. The van der Waals surface area contributed by atoms with Crippen LogP contribution >= 0.6 is 0 Å². The summed E-state index contributed by atoms with van der Waals surface area (Å²) >= 11 is 0. The van der Waals surface area contributed by atoms with Crippen molar-refractivity contribution in [3.63, 3.8) is 0 Å². The summed E-state index contributed by atoms with van der Waals surface area (Å²) in [6, 6.07) is -1.02. The summed E-state index contributed by atoms with van der Waals surface area (Å²) in [6.07, 6.45) is 1.61. The molecular formula is C15H27NO6. The molecule has 128 valence electrons. The van der Waals surface area contributed by atoms with Crippen molar-refractivity contribution in [1.29, 1.82) is 0 Å². The van der Waals surface area contributed by atoms with Gasteiger partial charge in [-0.15, -0.1) is 0 Å². The maximum atomic E-state index is 11.9. The average Bonchev–Trinajstić information content (AvgIpc) is 2.37. The minimum Gasteiger partial charge on any atom is -0.481 e. The lowest BCUT2D eigenvalue weighted by Gasteiger charge is -2.22. The molecule has 7 heteroatoms. The van der Waals surface area contributed by atoms with Crippen LogP contribution in [0.4, 0.5) is 4.79 Å². The Morgan fingerprint density at radius 1 is 1.18 bits per heavy atom. The first kappa shape index (κ1) is 20.2. The lowest BCUT2D eigenvalue weighted by Crippen LogP contribution is -2.44. The highest BCUT2D eigenvalue weighted by Crippen LogP contribution is 2.08. The number of rotatable bonds is 9. The number of aliphatic carboxylic acids is 1.